The maximum Gasteiger partial charge on any atom is 0.223 e. The van der Waals surface area contributed by atoms with Gasteiger partial charge < -0.3 is 14.5 Å². The van der Waals surface area contributed by atoms with Crippen LogP contribution in [0.25, 0.3) is 0 Å². The Labute approximate surface area is 140 Å². The van der Waals surface area contributed by atoms with E-state index in [-0.39, 0.29) is 5.91 Å². The van der Waals surface area contributed by atoms with Crippen LogP contribution in [0.1, 0.15) is 11.4 Å². The quantitative estimate of drug-likeness (QED) is 0.844. The van der Waals surface area contributed by atoms with Gasteiger partial charge in [0.25, 0.3) is 0 Å². The fourth-order valence-corrected chi connectivity index (χ4v) is 3.46. The number of methoxy groups -OCH3 is 1. The Bertz CT molecular complexity index is 637. The normalized spacial score (nSPS) is 14.8. The van der Waals surface area contributed by atoms with Crippen molar-refractivity contribution in [3.05, 3.63) is 40.8 Å². The van der Waals surface area contributed by atoms with Crippen LogP contribution in [0, 0.1) is 0 Å². The molecule has 1 saturated heterocycles. The largest absolute Gasteiger partial charge is 0.495 e. The third-order valence-corrected chi connectivity index (χ3v) is 4.93. The lowest BCUT2D eigenvalue weighted by Crippen LogP contribution is -2.48. The molecule has 0 bridgehead atoms. The van der Waals surface area contributed by atoms with Crippen LogP contribution in [0.3, 0.4) is 0 Å². The lowest BCUT2D eigenvalue weighted by molar-refractivity contribution is -0.131. The van der Waals surface area contributed by atoms with Crippen molar-refractivity contribution in [2.45, 2.75) is 12.8 Å². The van der Waals surface area contributed by atoms with Crippen LogP contribution >= 0.6 is 11.3 Å². The number of ether oxygens (including phenoxy) is 1. The third kappa shape index (κ3) is 3.82. The highest BCUT2D eigenvalue weighted by Gasteiger charge is 2.22. The van der Waals surface area contributed by atoms with E-state index < -0.39 is 0 Å². The Morgan fingerprint density at radius 1 is 1.26 bits per heavy atom. The van der Waals surface area contributed by atoms with Crippen molar-refractivity contribution in [1.29, 1.82) is 0 Å². The number of amides is 1. The van der Waals surface area contributed by atoms with Crippen LogP contribution in [0.5, 0.6) is 5.75 Å². The molecule has 1 amide bonds. The van der Waals surface area contributed by atoms with Crippen LogP contribution in [0.2, 0.25) is 0 Å². The topological polar surface area (TPSA) is 45.7 Å². The average molecular weight is 331 g/mol. The van der Waals surface area contributed by atoms with E-state index in [1.54, 1.807) is 24.6 Å². The number of carbonyl (C=O) groups excluding carboxylic acids is 1. The van der Waals surface area contributed by atoms with E-state index in [2.05, 4.69) is 16.0 Å². The molecule has 2 aromatic rings. The van der Waals surface area contributed by atoms with Gasteiger partial charge in [-0.3, -0.25) is 4.79 Å². The first-order valence-electron chi connectivity index (χ1n) is 7.82. The molecule has 1 aliphatic rings. The average Bonchev–Trinajstić information content (AvgIpc) is 3.13. The molecule has 1 fully saturated rings. The maximum atomic E-state index is 12.3. The molecule has 5 nitrogen and oxygen atoms in total. The first-order valence-corrected chi connectivity index (χ1v) is 8.70. The number of benzene rings is 1. The van der Waals surface area contributed by atoms with Gasteiger partial charge in [-0.15, -0.1) is 11.3 Å². The summed E-state index contributed by atoms with van der Waals surface area (Å²) in [7, 11) is 1.69. The number of aryl methyl sites for hydroxylation is 1. The first-order chi connectivity index (χ1) is 11.3. The number of thiazole rings is 1. The van der Waals surface area contributed by atoms with Gasteiger partial charge in [0.1, 0.15) is 5.75 Å². The van der Waals surface area contributed by atoms with Crippen LogP contribution < -0.4 is 9.64 Å². The van der Waals surface area contributed by atoms with Gasteiger partial charge in [-0.1, -0.05) is 12.1 Å². The van der Waals surface area contributed by atoms with Crippen molar-refractivity contribution in [3.8, 4) is 5.75 Å². The zero-order valence-electron chi connectivity index (χ0n) is 13.3. The lowest BCUT2D eigenvalue weighted by Gasteiger charge is -2.36. The molecule has 0 radical (unpaired) electrons. The number of hydrogen-bond donors (Lipinski definition) is 0. The molecule has 0 aliphatic carbocycles. The van der Waals surface area contributed by atoms with Gasteiger partial charge in [-0.2, -0.15) is 0 Å². The van der Waals surface area contributed by atoms with Crippen LogP contribution in [-0.4, -0.2) is 49.1 Å². The minimum absolute atomic E-state index is 0.222. The Morgan fingerprint density at radius 3 is 2.74 bits per heavy atom. The number of para-hydroxylation sites is 2. The second kappa shape index (κ2) is 7.46. The van der Waals surface area contributed by atoms with Gasteiger partial charge in [-0.05, 0) is 12.1 Å². The zero-order chi connectivity index (χ0) is 16.1. The Balaban J connectivity index is 1.52. The number of piperazine rings is 1. The van der Waals surface area contributed by atoms with E-state index >= 15 is 0 Å². The zero-order valence-corrected chi connectivity index (χ0v) is 14.1. The SMILES string of the molecule is COc1ccccc1N1CCN(C(=O)CCc2nccs2)CC1. The number of carbonyl (C=O) groups is 1. The third-order valence-electron chi connectivity index (χ3n) is 4.09. The molecule has 122 valence electrons. The van der Waals surface area contributed by atoms with Crippen LogP contribution in [0.4, 0.5) is 5.69 Å². The van der Waals surface area contributed by atoms with Gasteiger partial charge in [0.15, 0.2) is 0 Å². The second-order valence-electron chi connectivity index (χ2n) is 5.47. The highest BCUT2D eigenvalue weighted by molar-refractivity contribution is 7.09. The van der Waals surface area contributed by atoms with Crippen molar-refractivity contribution in [3.63, 3.8) is 0 Å². The molecule has 23 heavy (non-hydrogen) atoms. The Morgan fingerprint density at radius 2 is 2.04 bits per heavy atom. The minimum Gasteiger partial charge on any atom is -0.495 e. The molecule has 0 saturated carbocycles. The summed E-state index contributed by atoms with van der Waals surface area (Å²) >= 11 is 1.61. The number of hydrogen-bond acceptors (Lipinski definition) is 5. The molecule has 0 spiro atoms. The van der Waals surface area contributed by atoms with Crippen LogP contribution in [-0.2, 0) is 11.2 Å². The summed E-state index contributed by atoms with van der Waals surface area (Å²) < 4.78 is 5.42. The van der Waals surface area contributed by atoms with Gasteiger partial charge in [-0.25, -0.2) is 4.98 Å². The monoisotopic (exact) mass is 331 g/mol. The molecular weight excluding hydrogens is 310 g/mol. The Hall–Kier alpha value is -2.08. The summed E-state index contributed by atoms with van der Waals surface area (Å²) in [6.45, 7) is 3.19. The van der Waals surface area contributed by atoms with Crippen LogP contribution in [0.15, 0.2) is 35.8 Å². The molecule has 2 heterocycles. The van der Waals surface area contributed by atoms with Crippen molar-refractivity contribution in [2.24, 2.45) is 0 Å². The fourth-order valence-electron chi connectivity index (χ4n) is 2.84. The number of nitrogens with zero attached hydrogens (tertiary/aromatic N) is 3. The maximum absolute atomic E-state index is 12.3. The second-order valence-corrected chi connectivity index (χ2v) is 6.44. The molecule has 6 heteroatoms. The first kappa shape index (κ1) is 15.8. The molecule has 0 N–H and O–H groups in total. The van der Waals surface area contributed by atoms with Gasteiger partial charge in [0.05, 0.1) is 17.8 Å². The standard InChI is InChI=1S/C17H21N3O2S/c1-22-15-5-3-2-4-14(15)19-9-11-20(12-10-19)17(21)7-6-16-18-8-13-23-16/h2-5,8,13H,6-7,9-12H2,1H3. The lowest BCUT2D eigenvalue weighted by atomic mass is 10.2. The summed E-state index contributed by atoms with van der Waals surface area (Å²) in [5.41, 5.74) is 1.10. The highest BCUT2D eigenvalue weighted by Crippen LogP contribution is 2.28. The molecular formula is C17H21N3O2S. The van der Waals surface area contributed by atoms with Crippen molar-refractivity contribution < 1.29 is 9.53 Å². The van der Waals surface area contributed by atoms with Gasteiger partial charge in [0.2, 0.25) is 5.91 Å². The predicted octanol–water partition coefficient (Wildman–Crippen LogP) is 2.43. The summed E-state index contributed by atoms with van der Waals surface area (Å²) in [6, 6.07) is 8.03. The molecule has 3 rings (SSSR count). The van der Waals surface area contributed by atoms with Crippen molar-refractivity contribution in [1.82, 2.24) is 9.88 Å². The van der Waals surface area contributed by atoms with Crippen molar-refractivity contribution >= 4 is 22.9 Å². The molecule has 1 aliphatic heterocycles. The minimum atomic E-state index is 0.222. The van der Waals surface area contributed by atoms with E-state index in [0.717, 1.165) is 49.0 Å². The summed E-state index contributed by atoms with van der Waals surface area (Å²) in [5.74, 6) is 1.11. The highest BCUT2D eigenvalue weighted by atomic mass is 32.1. The summed E-state index contributed by atoms with van der Waals surface area (Å²) in [4.78, 5) is 20.8. The van der Waals surface area contributed by atoms with E-state index in [1.165, 1.54) is 0 Å². The smallest absolute Gasteiger partial charge is 0.223 e. The summed E-state index contributed by atoms with van der Waals surface area (Å²) in [5, 5.41) is 2.98. The number of rotatable bonds is 5. The van der Waals surface area contributed by atoms with E-state index in [1.807, 2.05) is 28.5 Å². The van der Waals surface area contributed by atoms with E-state index in [0.29, 0.717) is 6.42 Å². The Kier molecular flexibility index (Phi) is 5.12. The molecule has 0 atom stereocenters. The number of aromatic nitrogens is 1. The predicted molar refractivity (Wildman–Crippen MR) is 92.2 cm³/mol. The fraction of sp³-hybridized carbons (Fsp3) is 0.412. The van der Waals surface area contributed by atoms with Gasteiger partial charge in [0, 0.05) is 50.6 Å². The van der Waals surface area contributed by atoms with Gasteiger partial charge >= 0.3 is 0 Å². The van der Waals surface area contributed by atoms with E-state index in [4.69, 9.17) is 4.74 Å². The molecule has 1 aromatic carbocycles. The number of anilines is 1. The molecule has 1 aromatic heterocycles. The van der Waals surface area contributed by atoms with E-state index in [9.17, 15) is 4.79 Å². The summed E-state index contributed by atoms with van der Waals surface area (Å²) in [6.07, 6.45) is 3.07. The molecule has 0 unspecified atom stereocenters. The van der Waals surface area contributed by atoms with Crippen molar-refractivity contribution in [2.75, 3.05) is 38.2 Å².